The minimum Gasteiger partial charge on any atom is -0.463 e. The Morgan fingerprint density at radius 1 is 0.293 bits per heavy atom. The standard InChI is InChI=1S/C81H142O16P2/c1-4-7-10-13-16-19-22-25-28-30-32-34-36-37-39-41-42-44-47-49-52-55-58-61-64-67-79(84)91-70-76(82)71-93-98(87,88)94-72-77(83)73-95-99(89,90)96-75-78(97-81(86)69-66-63-60-57-54-51-46-27-24-21-18-15-12-9-6-3)74-92-80(85)68-65-62-59-56-53-50-48-45-43-40-38-35-33-31-29-26-23-20-17-14-11-8-5-2/h7,10,16-17,19-20,25-26,28-29,32-35,37,39-40,43,76-78,82-83H,4-6,8-9,11-15,18,21-24,27,30-31,36,38,41-42,44-75H2,1-3H3,(H,87,88)(H,89,90)/b10-7-,19-16-,20-17-,28-25-,29-26-,34-32-,35-33-,39-37-,43-40-. The number of unbranched alkanes of at least 4 members (excludes halogenated alkanes) is 33. The molecule has 4 N–H and O–H groups in total. The van der Waals surface area contributed by atoms with Gasteiger partial charge in [-0.05, 0) is 109 Å². The fourth-order valence-electron chi connectivity index (χ4n) is 10.5. The lowest BCUT2D eigenvalue weighted by Gasteiger charge is -2.21. The molecule has 0 aliphatic rings. The van der Waals surface area contributed by atoms with E-state index < -0.39 is 91.5 Å². The molecule has 99 heavy (non-hydrogen) atoms. The van der Waals surface area contributed by atoms with Gasteiger partial charge in [0.1, 0.15) is 25.4 Å². The van der Waals surface area contributed by atoms with E-state index in [1.54, 1.807) is 0 Å². The average molecular weight is 1430 g/mol. The maximum atomic E-state index is 13.0. The van der Waals surface area contributed by atoms with Crippen molar-refractivity contribution in [1.82, 2.24) is 0 Å². The van der Waals surface area contributed by atoms with Gasteiger partial charge in [0.25, 0.3) is 0 Å². The minimum absolute atomic E-state index is 0.105. The summed E-state index contributed by atoms with van der Waals surface area (Å²) in [6.45, 7) is 2.56. The van der Waals surface area contributed by atoms with E-state index in [0.29, 0.717) is 19.3 Å². The van der Waals surface area contributed by atoms with Crippen LogP contribution in [0.2, 0.25) is 0 Å². The molecule has 0 aliphatic heterocycles. The van der Waals surface area contributed by atoms with Crippen molar-refractivity contribution in [1.29, 1.82) is 0 Å². The Balaban J connectivity index is 4.60. The number of phosphoric acid groups is 2. The second-order valence-electron chi connectivity index (χ2n) is 26.1. The van der Waals surface area contributed by atoms with Crippen LogP contribution >= 0.6 is 15.6 Å². The highest BCUT2D eigenvalue weighted by Gasteiger charge is 2.29. The third kappa shape index (κ3) is 75.2. The molecule has 0 aliphatic carbocycles. The predicted molar refractivity (Wildman–Crippen MR) is 408 cm³/mol. The molecule has 0 heterocycles. The zero-order valence-corrected chi connectivity index (χ0v) is 64.2. The Labute approximate surface area is 602 Å². The van der Waals surface area contributed by atoms with Crippen molar-refractivity contribution < 1.29 is 75.8 Å². The van der Waals surface area contributed by atoms with Gasteiger partial charge in [0.05, 0.1) is 26.4 Å². The molecule has 572 valence electrons. The van der Waals surface area contributed by atoms with Gasteiger partial charge in [0.15, 0.2) is 6.10 Å². The van der Waals surface area contributed by atoms with E-state index in [0.717, 1.165) is 154 Å². The maximum absolute atomic E-state index is 13.0. The third-order valence-corrected chi connectivity index (χ3v) is 18.4. The largest absolute Gasteiger partial charge is 0.472 e. The van der Waals surface area contributed by atoms with Gasteiger partial charge in [0, 0.05) is 19.3 Å². The van der Waals surface area contributed by atoms with E-state index in [1.165, 1.54) is 116 Å². The molecular weight excluding hydrogens is 1290 g/mol. The molecule has 0 fully saturated rings. The molecule has 0 saturated carbocycles. The first-order valence-corrected chi connectivity index (χ1v) is 42.2. The summed E-state index contributed by atoms with van der Waals surface area (Å²) in [4.78, 5) is 58.6. The molecule has 18 heteroatoms. The van der Waals surface area contributed by atoms with Crippen molar-refractivity contribution in [2.24, 2.45) is 0 Å². The molecule has 0 aromatic rings. The normalized spacial score (nSPS) is 14.6. The molecule has 16 nitrogen and oxygen atoms in total. The summed E-state index contributed by atoms with van der Waals surface area (Å²) in [6, 6.07) is 0. The van der Waals surface area contributed by atoms with E-state index in [-0.39, 0.29) is 19.3 Å². The molecule has 5 atom stereocenters. The van der Waals surface area contributed by atoms with Crippen LogP contribution in [0.3, 0.4) is 0 Å². The molecule has 0 spiro atoms. The van der Waals surface area contributed by atoms with Crippen LogP contribution in [0.15, 0.2) is 109 Å². The van der Waals surface area contributed by atoms with Crippen molar-refractivity contribution in [3.05, 3.63) is 109 Å². The number of aliphatic hydroxyl groups is 2. The van der Waals surface area contributed by atoms with Crippen LogP contribution in [0.4, 0.5) is 0 Å². The Kier molecular flexibility index (Phi) is 71.1. The molecule has 0 rings (SSSR count). The highest BCUT2D eigenvalue weighted by atomic mass is 31.2. The van der Waals surface area contributed by atoms with Crippen LogP contribution in [0, 0.1) is 0 Å². The van der Waals surface area contributed by atoms with Crippen LogP contribution in [-0.2, 0) is 55.8 Å². The third-order valence-electron chi connectivity index (χ3n) is 16.5. The van der Waals surface area contributed by atoms with Gasteiger partial charge in [-0.1, -0.05) is 310 Å². The van der Waals surface area contributed by atoms with Crippen molar-refractivity contribution in [3.8, 4) is 0 Å². The van der Waals surface area contributed by atoms with Crippen LogP contribution in [0.1, 0.15) is 329 Å². The number of hydrogen-bond acceptors (Lipinski definition) is 14. The molecule has 0 bridgehead atoms. The molecule has 5 unspecified atom stereocenters. The summed E-state index contributed by atoms with van der Waals surface area (Å²) in [6.07, 6.45) is 85.5. The predicted octanol–water partition coefficient (Wildman–Crippen LogP) is 22.8. The van der Waals surface area contributed by atoms with Crippen molar-refractivity contribution in [3.63, 3.8) is 0 Å². The van der Waals surface area contributed by atoms with Gasteiger partial charge in [-0.3, -0.25) is 32.5 Å². The van der Waals surface area contributed by atoms with Gasteiger partial charge < -0.3 is 34.2 Å². The average Bonchev–Trinajstić information content (AvgIpc) is 1.57. The molecule has 0 radical (unpaired) electrons. The zero-order valence-electron chi connectivity index (χ0n) is 62.4. The van der Waals surface area contributed by atoms with Gasteiger partial charge in [0.2, 0.25) is 0 Å². The van der Waals surface area contributed by atoms with Crippen molar-refractivity contribution in [2.75, 3.05) is 39.6 Å². The first-order chi connectivity index (χ1) is 48.2. The second kappa shape index (κ2) is 73.9. The van der Waals surface area contributed by atoms with Gasteiger partial charge in [-0.2, -0.15) is 0 Å². The van der Waals surface area contributed by atoms with Crippen LogP contribution in [0.25, 0.3) is 0 Å². The maximum Gasteiger partial charge on any atom is 0.472 e. The van der Waals surface area contributed by atoms with Gasteiger partial charge in [-0.15, -0.1) is 0 Å². The quantitative estimate of drug-likeness (QED) is 0.0146. The van der Waals surface area contributed by atoms with Crippen molar-refractivity contribution in [2.45, 2.75) is 347 Å². The zero-order chi connectivity index (χ0) is 72.3. The fourth-order valence-corrected chi connectivity index (χ4v) is 12.1. The lowest BCUT2D eigenvalue weighted by atomic mass is 10.0. The SMILES string of the molecule is CC/C=C\C/C=C\C/C=C\C/C=C\C/C=C\CCCCCCCCCCCC(=O)OCC(O)COP(=O)(O)OCC(O)COP(=O)(O)OCC(COC(=O)CCCCCCCCC/C=C\C/C=C\C/C=C\C/C=C\CCCCC)OC(=O)CCCCCCCCCCCCCCCCC. The van der Waals surface area contributed by atoms with E-state index >= 15 is 0 Å². The first-order valence-electron chi connectivity index (χ1n) is 39.2. The Morgan fingerprint density at radius 2 is 0.535 bits per heavy atom. The van der Waals surface area contributed by atoms with Crippen LogP contribution in [-0.4, -0.2) is 95.9 Å². The molecule has 0 aromatic heterocycles. The van der Waals surface area contributed by atoms with Crippen molar-refractivity contribution >= 4 is 33.6 Å². The molecule has 0 saturated heterocycles. The summed E-state index contributed by atoms with van der Waals surface area (Å²) < 4.78 is 61.2. The van der Waals surface area contributed by atoms with E-state index in [1.807, 2.05) is 0 Å². The number of aliphatic hydroxyl groups excluding tert-OH is 2. The van der Waals surface area contributed by atoms with E-state index in [4.69, 9.17) is 32.3 Å². The summed E-state index contributed by atoms with van der Waals surface area (Å²) >= 11 is 0. The monoisotopic (exact) mass is 1430 g/mol. The Morgan fingerprint density at radius 3 is 0.869 bits per heavy atom. The number of hydrogen-bond donors (Lipinski definition) is 4. The smallest absolute Gasteiger partial charge is 0.463 e. The second-order valence-corrected chi connectivity index (χ2v) is 29.0. The van der Waals surface area contributed by atoms with Crippen LogP contribution < -0.4 is 0 Å². The van der Waals surface area contributed by atoms with E-state index in [2.05, 4.69) is 130 Å². The number of rotatable bonds is 74. The lowest BCUT2D eigenvalue weighted by Crippen LogP contribution is -2.30. The first kappa shape index (κ1) is 95.2. The van der Waals surface area contributed by atoms with Crippen LogP contribution in [0.5, 0.6) is 0 Å². The van der Waals surface area contributed by atoms with Gasteiger partial charge in [-0.25, -0.2) is 9.13 Å². The Hall–Kier alpha value is -3.79. The molecule has 0 aromatic carbocycles. The molecular formula is C81H142O16P2. The van der Waals surface area contributed by atoms with E-state index in [9.17, 15) is 43.5 Å². The number of carbonyl (C=O) groups excluding carboxylic acids is 3. The topological polar surface area (TPSA) is 231 Å². The summed E-state index contributed by atoms with van der Waals surface area (Å²) in [5, 5.41) is 20.6. The number of ether oxygens (including phenoxy) is 3. The Bertz CT molecular complexity index is 2240. The number of esters is 3. The summed E-state index contributed by atoms with van der Waals surface area (Å²) in [5.41, 5.74) is 0. The fraction of sp³-hybridized carbons (Fsp3) is 0.741. The summed E-state index contributed by atoms with van der Waals surface area (Å²) in [7, 11) is -9.79. The number of phosphoric ester groups is 2. The summed E-state index contributed by atoms with van der Waals surface area (Å²) in [5.74, 6) is -1.58. The number of carbonyl (C=O) groups is 3. The highest BCUT2D eigenvalue weighted by molar-refractivity contribution is 7.47. The molecule has 0 amide bonds. The number of allylic oxidation sites excluding steroid dienone is 18. The lowest BCUT2D eigenvalue weighted by molar-refractivity contribution is -0.161. The van der Waals surface area contributed by atoms with Gasteiger partial charge >= 0.3 is 33.6 Å². The minimum atomic E-state index is -4.93. The highest BCUT2D eigenvalue weighted by Crippen LogP contribution is 2.45.